The number of nitrogens with one attached hydrogen (secondary N) is 2. The van der Waals surface area contributed by atoms with Gasteiger partial charge in [-0.25, -0.2) is 10.1 Å². The maximum Gasteiger partial charge on any atom is 0.416 e. The lowest BCUT2D eigenvalue weighted by atomic mass is 9.88. The summed E-state index contributed by atoms with van der Waals surface area (Å²) in [7, 11) is 2.12. The summed E-state index contributed by atoms with van der Waals surface area (Å²) >= 11 is 0. The van der Waals surface area contributed by atoms with Crippen LogP contribution in [0.4, 0.5) is 30.5 Å². The van der Waals surface area contributed by atoms with E-state index in [9.17, 15) is 18.0 Å². The van der Waals surface area contributed by atoms with Gasteiger partial charge in [-0.05, 0) is 50.2 Å². The molecule has 2 unspecified atom stereocenters. The van der Waals surface area contributed by atoms with Crippen molar-refractivity contribution in [2.45, 2.75) is 37.6 Å². The lowest BCUT2D eigenvalue weighted by Gasteiger charge is -2.55. The van der Waals surface area contributed by atoms with E-state index in [0.29, 0.717) is 34.2 Å². The first-order valence-electron chi connectivity index (χ1n) is 10.7. The Labute approximate surface area is 187 Å². The van der Waals surface area contributed by atoms with Crippen molar-refractivity contribution < 1.29 is 13.2 Å². The number of halogens is 3. The number of pyridine rings is 1. The van der Waals surface area contributed by atoms with E-state index in [1.165, 1.54) is 18.7 Å². The van der Waals surface area contributed by atoms with E-state index in [4.69, 9.17) is 5.73 Å². The van der Waals surface area contributed by atoms with Crippen LogP contribution in [0.25, 0.3) is 10.8 Å². The van der Waals surface area contributed by atoms with Crippen molar-refractivity contribution in [3.8, 4) is 0 Å². The molecule has 3 aromatic rings. The summed E-state index contributed by atoms with van der Waals surface area (Å²) in [6, 6.07) is 5.70. The predicted molar refractivity (Wildman–Crippen MR) is 120 cm³/mol. The molecule has 174 valence electrons. The van der Waals surface area contributed by atoms with E-state index in [1.54, 1.807) is 6.92 Å². The summed E-state index contributed by atoms with van der Waals surface area (Å²) in [5.74, 6) is 1.10. The molecule has 33 heavy (non-hydrogen) atoms. The number of piperazine rings is 1. The molecule has 3 aliphatic rings. The monoisotopic (exact) mass is 459 g/mol. The third kappa shape index (κ3) is 3.86. The van der Waals surface area contributed by atoms with E-state index in [-0.39, 0.29) is 11.2 Å². The highest BCUT2D eigenvalue weighted by molar-refractivity contribution is 5.92. The molecule has 6 rings (SSSR count). The number of aromatic nitrogens is 3. The van der Waals surface area contributed by atoms with E-state index >= 15 is 0 Å². The Morgan fingerprint density at radius 1 is 1.18 bits per heavy atom. The third-order valence-corrected chi connectivity index (χ3v) is 6.70. The average molecular weight is 459 g/mol. The number of likely N-dealkylation sites (N-methyl/N-ethyl adjacent to an activating group) is 1. The van der Waals surface area contributed by atoms with Crippen LogP contribution in [-0.4, -0.2) is 52.3 Å². The van der Waals surface area contributed by atoms with E-state index in [2.05, 4.69) is 37.3 Å². The summed E-state index contributed by atoms with van der Waals surface area (Å²) in [6.07, 6.45) is -1.81. The van der Waals surface area contributed by atoms with Crippen LogP contribution in [0.3, 0.4) is 0 Å². The summed E-state index contributed by atoms with van der Waals surface area (Å²) < 4.78 is 39.7. The number of rotatable bonds is 4. The number of anilines is 3. The maximum absolute atomic E-state index is 13.2. The standard InChI is InChI=1S/C22H24F3N7O/c1-11(12-3-13(22(23,24)25)5-14(26)4-12)28-20-17-7-19(27-8-18(17)21(33)30-29-20)32-9-15-6-16(10-32)31(15)2/h3-5,7-8,11,15-16H,6,9-10,26H2,1-2H3,(H,28,29)(H,30,33)/t11-,15?,16?/m1/s1. The fraction of sp³-hybridized carbons (Fsp3) is 0.409. The zero-order valence-corrected chi connectivity index (χ0v) is 18.1. The Balaban J connectivity index is 1.47. The normalized spacial score (nSPS) is 21.7. The van der Waals surface area contributed by atoms with Crippen molar-refractivity contribution >= 4 is 28.1 Å². The molecule has 2 bridgehead atoms. The number of piperidine rings is 1. The first-order chi connectivity index (χ1) is 15.6. The fourth-order valence-corrected chi connectivity index (χ4v) is 4.69. The quantitative estimate of drug-likeness (QED) is 0.516. The van der Waals surface area contributed by atoms with Gasteiger partial charge < -0.3 is 16.0 Å². The number of nitrogen functional groups attached to an aromatic ring is 1. The van der Waals surface area contributed by atoms with Crippen molar-refractivity contribution in [1.29, 1.82) is 0 Å². The summed E-state index contributed by atoms with van der Waals surface area (Å²) in [5, 5.41) is 10.6. The number of hydrogen-bond donors (Lipinski definition) is 3. The van der Waals surface area contributed by atoms with Crippen LogP contribution in [0.1, 0.15) is 30.5 Å². The first kappa shape index (κ1) is 21.5. The number of benzene rings is 1. The SMILES string of the molecule is C[C@@H](Nc1n[nH]c(=O)c2cnc(N3CC4CC(C3)N4C)cc12)c1cc(N)cc(C(F)(F)F)c1. The van der Waals surface area contributed by atoms with Gasteiger partial charge in [-0.1, -0.05) is 0 Å². The molecule has 0 aliphatic carbocycles. The molecule has 3 aliphatic heterocycles. The highest BCUT2D eigenvalue weighted by atomic mass is 19.4. The Morgan fingerprint density at radius 2 is 1.91 bits per heavy atom. The van der Waals surface area contributed by atoms with Crippen molar-refractivity contribution in [2.75, 3.05) is 36.1 Å². The highest BCUT2D eigenvalue weighted by Gasteiger charge is 2.42. The summed E-state index contributed by atoms with van der Waals surface area (Å²) in [6.45, 7) is 3.42. The van der Waals surface area contributed by atoms with Gasteiger partial charge in [0.1, 0.15) is 5.82 Å². The Bertz CT molecular complexity index is 1260. The average Bonchev–Trinajstić information content (AvgIpc) is 2.79. The zero-order chi connectivity index (χ0) is 23.5. The number of H-pyrrole nitrogens is 1. The van der Waals surface area contributed by atoms with Crippen LogP contribution < -0.4 is 21.5 Å². The van der Waals surface area contributed by atoms with Crippen LogP contribution in [0.15, 0.2) is 35.3 Å². The molecule has 3 saturated heterocycles. The molecule has 2 aromatic heterocycles. The van der Waals surface area contributed by atoms with Crippen LogP contribution >= 0.6 is 0 Å². The molecule has 3 atom stereocenters. The number of aromatic amines is 1. The molecule has 5 heterocycles. The van der Waals surface area contributed by atoms with Gasteiger partial charge in [-0.2, -0.15) is 18.3 Å². The Morgan fingerprint density at radius 3 is 2.58 bits per heavy atom. The second-order valence-corrected chi connectivity index (χ2v) is 8.86. The highest BCUT2D eigenvalue weighted by Crippen LogP contribution is 2.35. The van der Waals surface area contributed by atoms with Crippen LogP contribution in [0.2, 0.25) is 0 Å². The fourth-order valence-electron chi connectivity index (χ4n) is 4.69. The van der Waals surface area contributed by atoms with E-state index < -0.39 is 17.8 Å². The number of hydrogen-bond acceptors (Lipinski definition) is 7. The van der Waals surface area contributed by atoms with Crippen molar-refractivity contribution in [1.82, 2.24) is 20.1 Å². The largest absolute Gasteiger partial charge is 0.416 e. The molecule has 0 radical (unpaired) electrons. The molecule has 8 nitrogen and oxygen atoms in total. The molecule has 0 saturated carbocycles. The molecule has 4 N–H and O–H groups in total. The van der Waals surface area contributed by atoms with Crippen LogP contribution in [0, 0.1) is 0 Å². The Kier molecular flexibility index (Phi) is 4.96. The van der Waals surface area contributed by atoms with Gasteiger partial charge in [0, 0.05) is 42.4 Å². The lowest BCUT2D eigenvalue weighted by Crippen LogP contribution is -2.67. The summed E-state index contributed by atoms with van der Waals surface area (Å²) in [4.78, 5) is 21.4. The maximum atomic E-state index is 13.2. The van der Waals surface area contributed by atoms with E-state index in [0.717, 1.165) is 31.0 Å². The molecule has 1 aromatic carbocycles. The lowest BCUT2D eigenvalue weighted by molar-refractivity contribution is -0.137. The number of alkyl halides is 3. The van der Waals surface area contributed by atoms with E-state index in [1.807, 2.05) is 6.07 Å². The third-order valence-electron chi connectivity index (χ3n) is 6.70. The van der Waals surface area contributed by atoms with Crippen molar-refractivity contribution in [3.05, 3.63) is 51.9 Å². The van der Waals surface area contributed by atoms with Gasteiger partial charge in [0.2, 0.25) is 0 Å². The minimum absolute atomic E-state index is 0.0212. The van der Waals surface area contributed by atoms with Gasteiger partial charge in [0.05, 0.1) is 17.0 Å². The topological polar surface area (TPSA) is 103 Å². The van der Waals surface area contributed by atoms with Gasteiger partial charge >= 0.3 is 6.18 Å². The van der Waals surface area contributed by atoms with Gasteiger partial charge in [0.15, 0.2) is 5.82 Å². The molecular weight excluding hydrogens is 435 g/mol. The molecular formula is C22H24F3N7O. The molecule has 0 spiro atoms. The smallest absolute Gasteiger partial charge is 0.399 e. The first-order valence-corrected chi connectivity index (χ1v) is 10.7. The van der Waals surface area contributed by atoms with Crippen LogP contribution in [-0.2, 0) is 6.18 Å². The second kappa shape index (κ2) is 7.62. The number of fused-ring (bicyclic) bond motifs is 3. The van der Waals surface area contributed by atoms with Crippen LogP contribution in [0.5, 0.6) is 0 Å². The molecule has 3 fully saturated rings. The molecule has 11 heteroatoms. The molecule has 0 amide bonds. The summed E-state index contributed by atoms with van der Waals surface area (Å²) in [5.41, 5.74) is 4.90. The van der Waals surface area contributed by atoms with Crippen molar-refractivity contribution in [3.63, 3.8) is 0 Å². The Hall–Kier alpha value is -3.34. The number of nitrogens with zero attached hydrogens (tertiary/aromatic N) is 4. The number of nitrogens with two attached hydrogens (primary N) is 1. The van der Waals surface area contributed by atoms with Crippen molar-refractivity contribution in [2.24, 2.45) is 0 Å². The predicted octanol–water partition coefficient (Wildman–Crippen LogP) is 2.98. The zero-order valence-electron chi connectivity index (χ0n) is 18.1. The minimum Gasteiger partial charge on any atom is -0.399 e. The second-order valence-electron chi connectivity index (χ2n) is 8.86. The van der Waals surface area contributed by atoms with Gasteiger partial charge in [-0.15, -0.1) is 0 Å². The minimum atomic E-state index is -4.50. The van der Waals surface area contributed by atoms with Gasteiger partial charge in [-0.3, -0.25) is 9.69 Å². The van der Waals surface area contributed by atoms with Gasteiger partial charge in [0.25, 0.3) is 5.56 Å².